The summed E-state index contributed by atoms with van der Waals surface area (Å²) in [6, 6.07) is 21.4. The second kappa shape index (κ2) is 8.90. The Morgan fingerprint density at radius 1 is 0.893 bits per heavy atom. The van der Waals surface area contributed by atoms with Gasteiger partial charge in [0, 0.05) is 38.5 Å². The molecule has 28 heavy (non-hydrogen) atoms. The van der Waals surface area contributed by atoms with E-state index >= 15 is 0 Å². The van der Waals surface area contributed by atoms with Gasteiger partial charge in [0.1, 0.15) is 0 Å². The van der Waals surface area contributed by atoms with Gasteiger partial charge in [0.2, 0.25) is 0 Å². The maximum atomic E-state index is 4.45. The number of thiophene rings is 1. The molecule has 1 heterocycles. The molecule has 0 aliphatic rings. The average Bonchev–Trinajstić information content (AvgIpc) is 3.14. The minimum Gasteiger partial charge on any atom is -0.388 e. The van der Waals surface area contributed by atoms with Crippen LogP contribution in [0.25, 0.3) is 31.8 Å². The van der Waals surface area contributed by atoms with Crippen molar-refractivity contribution in [1.29, 1.82) is 0 Å². The second-order valence-corrected chi connectivity index (χ2v) is 7.36. The number of hydrogen-bond donors (Lipinski definition) is 1. The molecule has 1 nitrogen and oxygen atoms in total. The largest absolute Gasteiger partial charge is 0.388 e. The third-order valence-corrected chi connectivity index (χ3v) is 5.90. The fraction of sp³-hybridized carbons (Fsp3) is 0.154. The molecule has 3 aromatic carbocycles. The van der Waals surface area contributed by atoms with Gasteiger partial charge >= 0.3 is 0 Å². The molecular formula is C26H27NS. The standard InChI is InChI=1S/C24H21NS.C2H6/c1-4-9-19-17(16(2)18-10-5-7-12-21(18)25-3)14-15-23-24(19)20-11-6-8-13-22(20)26-23;1-2/h4-15,25H,2H2,1,3H3;1-2H3/b9-4-;. The highest BCUT2D eigenvalue weighted by Gasteiger charge is 2.15. The van der Waals surface area contributed by atoms with E-state index in [0.717, 1.165) is 16.8 Å². The molecule has 0 radical (unpaired) electrons. The number of hydrogen-bond acceptors (Lipinski definition) is 2. The van der Waals surface area contributed by atoms with Crippen molar-refractivity contribution in [3.8, 4) is 0 Å². The smallest absolute Gasteiger partial charge is 0.0417 e. The Bertz CT molecular complexity index is 1150. The van der Waals surface area contributed by atoms with Crippen molar-refractivity contribution in [2.45, 2.75) is 20.8 Å². The summed E-state index contributed by atoms with van der Waals surface area (Å²) in [6.07, 6.45) is 4.33. The van der Waals surface area contributed by atoms with Crippen LogP contribution in [0, 0.1) is 0 Å². The van der Waals surface area contributed by atoms with Gasteiger partial charge in [0.25, 0.3) is 0 Å². The Kier molecular flexibility index (Phi) is 6.33. The zero-order valence-corrected chi connectivity index (χ0v) is 17.9. The third kappa shape index (κ3) is 3.48. The number of anilines is 1. The zero-order valence-electron chi connectivity index (χ0n) is 17.0. The number of rotatable bonds is 4. The third-order valence-electron chi connectivity index (χ3n) is 4.76. The van der Waals surface area contributed by atoms with Gasteiger partial charge in [-0.25, -0.2) is 0 Å². The lowest BCUT2D eigenvalue weighted by Gasteiger charge is -2.15. The summed E-state index contributed by atoms with van der Waals surface area (Å²) in [5, 5.41) is 5.92. The minimum absolute atomic E-state index is 1.04. The van der Waals surface area contributed by atoms with Crippen LogP contribution in [0.15, 0.2) is 73.3 Å². The molecule has 0 spiro atoms. The Hall–Kier alpha value is -2.84. The molecule has 1 N–H and O–H groups in total. The van der Waals surface area contributed by atoms with Crippen molar-refractivity contribution in [3.05, 3.63) is 90.0 Å². The maximum absolute atomic E-state index is 4.45. The van der Waals surface area contributed by atoms with E-state index < -0.39 is 0 Å². The van der Waals surface area contributed by atoms with Crippen LogP contribution in [0.2, 0.25) is 0 Å². The molecule has 0 amide bonds. The first-order valence-corrected chi connectivity index (χ1v) is 10.6. The summed E-state index contributed by atoms with van der Waals surface area (Å²) >= 11 is 1.85. The molecule has 1 aromatic heterocycles. The number of fused-ring (bicyclic) bond motifs is 3. The Balaban J connectivity index is 0.00000109. The molecule has 0 aliphatic carbocycles. The van der Waals surface area contributed by atoms with E-state index in [1.165, 1.54) is 31.3 Å². The molecule has 2 heteroatoms. The van der Waals surface area contributed by atoms with Crippen LogP contribution in [-0.2, 0) is 0 Å². The lowest BCUT2D eigenvalue weighted by molar-refractivity contribution is 1.47. The fourth-order valence-electron chi connectivity index (χ4n) is 3.56. The first kappa shape index (κ1) is 19.9. The molecule has 0 bridgehead atoms. The van der Waals surface area contributed by atoms with Gasteiger partial charge in [-0.3, -0.25) is 0 Å². The van der Waals surface area contributed by atoms with Crippen molar-refractivity contribution >= 4 is 48.8 Å². The predicted molar refractivity (Wildman–Crippen MR) is 130 cm³/mol. The summed E-state index contributed by atoms with van der Waals surface area (Å²) in [5.41, 5.74) is 5.71. The Labute approximate surface area is 172 Å². The molecule has 4 aromatic rings. The highest BCUT2D eigenvalue weighted by atomic mass is 32.1. The van der Waals surface area contributed by atoms with E-state index in [1.807, 2.05) is 38.3 Å². The van der Waals surface area contributed by atoms with Crippen LogP contribution in [0.1, 0.15) is 37.5 Å². The van der Waals surface area contributed by atoms with Crippen molar-refractivity contribution < 1.29 is 0 Å². The van der Waals surface area contributed by atoms with Crippen LogP contribution in [-0.4, -0.2) is 7.05 Å². The molecule has 0 aliphatic heterocycles. The summed E-state index contributed by atoms with van der Waals surface area (Å²) in [4.78, 5) is 0. The summed E-state index contributed by atoms with van der Waals surface area (Å²) in [6.45, 7) is 10.5. The number of benzene rings is 3. The van der Waals surface area contributed by atoms with Gasteiger partial charge in [0.05, 0.1) is 0 Å². The van der Waals surface area contributed by atoms with Crippen LogP contribution in [0.5, 0.6) is 0 Å². The number of para-hydroxylation sites is 1. The zero-order chi connectivity index (χ0) is 20.1. The molecule has 0 atom stereocenters. The quantitative estimate of drug-likeness (QED) is 0.373. The molecule has 4 rings (SSSR count). The molecule has 0 saturated carbocycles. The lowest BCUT2D eigenvalue weighted by Crippen LogP contribution is -1.97. The molecule has 0 saturated heterocycles. The van der Waals surface area contributed by atoms with Gasteiger partial charge in [-0.05, 0) is 41.8 Å². The van der Waals surface area contributed by atoms with Crippen molar-refractivity contribution in [3.63, 3.8) is 0 Å². The predicted octanol–water partition coefficient (Wildman–Crippen LogP) is 8.22. The monoisotopic (exact) mass is 385 g/mol. The first-order valence-electron chi connectivity index (χ1n) is 9.78. The van der Waals surface area contributed by atoms with Crippen LogP contribution in [0.4, 0.5) is 5.69 Å². The average molecular weight is 386 g/mol. The molecule has 142 valence electrons. The number of nitrogens with one attached hydrogen (secondary N) is 1. The highest BCUT2D eigenvalue weighted by molar-refractivity contribution is 7.25. The highest BCUT2D eigenvalue weighted by Crippen LogP contribution is 2.40. The fourth-order valence-corrected chi connectivity index (χ4v) is 4.68. The summed E-state index contributed by atoms with van der Waals surface area (Å²) < 4.78 is 2.64. The normalized spacial score (nSPS) is 10.9. The Morgan fingerprint density at radius 3 is 2.36 bits per heavy atom. The van der Waals surface area contributed by atoms with Crippen LogP contribution in [0.3, 0.4) is 0 Å². The Morgan fingerprint density at radius 2 is 1.61 bits per heavy atom. The van der Waals surface area contributed by atoms with E-state index in [0.29, 0.717) is 0 Å². The molecule has 0 unspecified atom stereocenters. The van der Waals surface area contributed by atoms with E-state index in [2.05, 4.69) is 85.6 Å². The summed E-state index contributed by atoms with van der Waals surface area (Å²) in [5.74, 6) is 0. The van der Waals surface area contributed by atoms with E-state index in [1.54, 1.807) is 0 Å². The van der Waals surface area contributed by atoms with Gasteiger partial charge in [-0.1, -0.05) is 75.0 Å². The summed E-state index contributed by atoms with van der Waals surface area (Å²) in [7, 11) is 1.95. The van der Waals surface area contributed by atoms with Crippen molar-refractivity contribution in [2.75, 3.05) is 12.4 Å². The molecule has 0 fully saturated rings. The van der Waals surface area contributed by atoms with Crippen molar-refractivity contribution in [2.24, 2.45) is 0 Å². The van der Waals surface area contributed by atoms with Gasteiger partial charge < -0.3 is 5.32 Å². The van der Waals surface area contributed by atoms with Gasteiger partial charge in [-0.15, -0.1) is 11.3 Å². The van der Waals surface area contributed by atoms with Crippen LogP contribution < -0.4 is 5.32 Å². The van der Waals surface area contributed by atoms with Gasteiger partial charge in [-0.2, -0.15) is 0 Å². The lowest BCUT2D eigenvalue weighted by atomic mass is 9.91. The van der Waals surface area contributed by atoms with Crippen LogP contribution >= 0.6 is 11.3 Å². The number of allylic oxidation sites excluding steroid dienone is 1. The van der Waals surface area contributed by atoms with E-state index in [-0.39, 0.29) is 0 Å². The first-order chi connectivity index (χ1) is 13.7. The maximum Gasteiger partial charge on any atom is 0.0417 e. The van der Waals surface area contributed by atoms with Crippen molar-refractivity contribution in [1.82, 2.24) is 0 Å². The van der Waals surface area contributed by atoms with E-state index in [9.17, 15) is 0 Å². The van der Waals surface area contributed by atoms with Gasteiger partial charge in [0.15, 0.2) is 0 Å². The SMILES string of the molecule is C=C(c1ccccc1NC)c1ccc2sc3ccccc3c2c1/C=C\C.CC. The molecular weight excluding hydrogens is 358 g/mol. The second-order valence-electron chi connectivity index (χ2n) is 6.27. The topological polar surface area (TPSA) is 12.0 Å². The minimum atomic E-state index is 1.04. The van der Waals surface area contributed by atoms with E-state index in [4.69, 9.17) is 0 Å².